The SMILES string of the molecule is CCCC[Si](CCCC)(CCCC)c1ccc(P(N[P+](c2ccc([Si](CCCC)(CCCC)CCCC)cc2)(c2cccc3c2oc2ccccc23)C2CCCCC2)c2ccc([Si](CCCC)(CCCC)CCCC)cc2)cc1. The van der Waals surface area contributed by atoms with E-state index in [-0.39, 0.29) is 0 Å². The molecule has 0 aliphatic heterocycles. The Bertz CT molecular complexity index is 2520. The van der Waals surface area contributed by atoms with Crippen molar-refractivity contribution in [3.63, 3.8) is 0 Å². The van der Waals surface area contributed by atoms with Gasteiger partial charge in [0.05, 0.1) is 38.0 Å². The number of hydrogen-bond donors (Lipinski definition) is 1. The zero-order chi connectivity index (χ0) is 56.0. The van der Waals surface area contributed by atoms with E-state index in [4.69, 9.17) is 9.27 Å². The van der Waals surface area contributed by atoms with E-state index in [2.05, 4.69) is 178 Å². The van der Waals surface area contributed by atoms with Gasteiger partial charge in [0, 0.05) is 10.8 Å². The van der Waals surface area contributed by atoms with E-state index in [0.29, 0.717) is 5.66 Å². The minimum absolute atomic E-state index is 0.506. The van der Waals surface area contributed by atoms with Crippen molar-refractivity contribution in [2.45, 2.75) is 270 Å². The summed E-state index contributed by atoms with van der Waals surface area (Å²) in [6.07, 6.45) is 30.3. The summed E-state index contributed by atoms with van der Waals surface area (Å²) in [5.74, 6) is 0. The van der Waals surface area contributed by atoms with E-state index in [0.717, 1.165) is 11.2 Å². The molecule has 2 nitrogen and oxygen atoms in total. The van der Waals surface area contributed by atoms with Gasteiger partial charge in [-0.15, -0.1) is 0 Å². The maximum Gasteiger partial charge on any atom is 0.179 e. The molecule has 1 aliphatic rings. The highest BCUT2D eigenvalue weighted by molar-refractivity contribution is 7.96. The zero-order valence-corrected chi connectivity index (χ0v) is 56.8. The minimum Gasteiger partial charge on any atom is -0.452 e. The average molecular weight is 1150 g/mol. The third-order valence-corrected chi connectivity index (χ3v) is 43.6. The van der Waals surface area contributed by atoms with Crippen molar-refractivity contribution in [2.75, 3.05) is 0 Å². The molecule has 5 aromatic carbocycles. The highest BCUT2D eigenvalue weighted by Crippen LogP contribution is 2.66. The Kier molecular flexibility index (Phi) is 26.3. The van der Waals surface area contributed by atoms with Crippen LogP contribution in [-0.4, -0.2) is 29.9 Å². The van der Waals surface area contributed by atoms with Gasteiger partial charge in [-0.1, -0.05) is 345 Å². The third-order valence-electron chi connectivity index (χ3n) is 19.6. The Hall–Kier alpha value is -2.63. The first-order valence-corrected chi connectivity index (χ1v) is 44.5. The summed E-state index contributed by atoms with van der Waals surface area (Å²) in [6, 6.07) is 61.5. The number of unbranched alkanes of at least 4 members (excludes halogenated alkanes) is 9. The Morgan fingerprint density at radius 2 is 0.759 bits per heavy atom. The smallest absolute Gasteiger partial charge is 0.179 e. The van der Waals surface area contributed by atoms with E-state index in [1.807, 2.05) is 0 Å². The van der Waals surface area contributed by atoms with Crippen molar-refractivity contribution < 1.29 is 4.42 Å². The summed E-state index contributed by atoms with van der Waals surface area (Å²) in [4.78, 5) is 5.07. The van der Waals surface area contributed by atoms with Gasteiger partial charge in [0.2, 0.25) is 0 Å². The quantitative estimate of drug-likeness (QED) is 0.0311. The monoisotopic (exact) mass is 1150 g/mol. The van der Waals surface area contributed by atoms with E-state index >= 15 is 0 Å². The summed E-state index contributed by atoms with van der Waals surface area (Å²) < 4.78 is 7.32. The van der Waals surface area contributed by atoms with Crippen LogP contribution >= 0.6 is 15.5 Å². The van der Waals surface area contributed by atoms with Crippen LogP contribution in [0, 0.1) is 0 Å². The van der Waals surface area contributed by atoms with E-state index in [9.17, 15) is 0 Å². The molecule has 1 unspecified atom stereocenters. The van der Waals surface area contributed by atoms with Gasteiger partial charge in [-0.05, 0) is 60.6 Å². The van der Waals surface area contributed by atoms with Crippen LogP contribution in [-0.2, 0) is 0 Å². The predicted octanol–water partition coefficient (Wildman–Crippen LogP) is 20.6. The van der Waals surface area contributed by atoms with Gasteiger partial charge in [-0.25, -0.2) is 0 Å². The molecule has 0 radical (unpaired) electrons. The fourth-order valence-electron chi connectivity index (χ4n) is 14.7. The number of benzene rings is 5. The van der Waals surface area contributed by atoms with Crippen LogP contribution in [0.5, 0.6) is 0 Å². The van der Waals surface area contributed by atoms with Crippen LogP contribution < -0.4 is 41.6 Å². The van der Waals surface area contributed by atoms with Crippen LogP contribution in [0.2, 0.25) is 54.4 Å². The molecule has 7 rings (SSSR count). The normalized spacial score (nSPS) is 14.7. The van der Waals surface area contributed by atoms with Gasteiger partial charge >= 0.3 is 0 Å². The number of para-hydroxylation sites is 2. The van der Waals surface area contributed by atoms with Crippen molar-refractivity contribution >= 4 is 98.4 Å². The van der Waals surface area contributed by atoms with Crippen molar-refractivity contribution in [2.24, 2.45) is 0 Å². The van der Waals surface area contributed by atoms with Gasteiger partial charge in [-0.2, -0.15) is 4.86 Å². The Morgan fingerprint density at radius 3 is 1.14 bits per heavy atom. The second kappa shape index (κ2) is 32.4. The minimum atomic E-state index is -2.46. The summed E-state index contributed by atoms with van der Waals surface area (Å²) in [5.41, 5.74) is 2.64. The fourth-order valence-corrected chi connectivity index (χ4v) is 40.0. The van der Waals surface area contributed by atoms with Gasteiger partial charge in [0.25, 0.3) is 0 Å². The highest BCUT2D eigenvalue weighted by Gasteiger charge is 2.55. The second-order valence-electron chi connectivity index (χ2n) is 25.1. The highest BCUT2D eigenvalue weighted by atomic mass is 31.2. The molecule has 1 atom stereocenters. The zero-order valence-electron chi connectivity index (χ0n) is 52.0. The lowest BCUT2D eigenvalue weighted by Gasteiger charge is -2.40. The summed E-state index contributed by atoms with van der Waals surface area (Å²) >= 11 is 0. The van der Waals surface area contributed by atoms with Crippen LogP contribution in [0.3, 0.4) is 0 Å². The maximum absolute atomic E-state index is 7.32. The summed E-state index contributed by atoms with van der Waals surface area (Å²) in [6.45, 7) is 21.8. The molecule has 0 bridgehead atoms. The fraction of sp³-hybridized carbons (Fsp3) is 0.583. The molecule has 0 spiro atoms. The maximum atomic E-state index is 7.32. The number of fused-ring (bicyclic) bond motifs is 3. The van der Waals surface area contributed by atoms with Crippen LogP contribution in [0.1, 0.15) is 210 Å². The van der Waals surface area contributed by atoms with E-state index < -0.39 is 39.7 Å². The molecule has 1 fully saturated rings. The lowest BCUT2D eigenvalue weighted by molar-refractivity contribution is 0.509. The number of hydrogen-bond acceptors (Lipinski definition) is 2. The number of furan rings is 1. The Balaban J connectivity index is 1.52. The first-order valence-electron chi connectivity index (χ1n) is 33.4. The molecule has 0 saturated heterocycles. The molecule has 1 heterocycles. The molecular formula is C72H112NOP2Si3+. The molecule has 79 heavy (non-hydrogen) atoms. The van der Waals surface area contributed by atoms with Gasteiger partial charge in [0.15, 0.2) is 18.3 Å². The predicted molar refractivity (Wildman–Crippen MR) is 369 cm³/mol. The van der Waals surface area contributed by atoms with Gasteiger partial charge in [0.1, 0.15) is 10.9 Å². The van der Waals surface area contributed by atoms with Crippen LogP contribution in [0.25, 0.3) is 21.9 Å². The topological polar surface area (TPSA) is 25.2 Å². The van der Waals surface area contributed by atoms with Crippen LogP contribution in [0.4, 0.5) is 0 Å². The number of rotatable bonds is 37. The lowest BCUT2D eigenvalue weighted by atomic mass is 10.0. The second-order valence-corrected chi connectivity index (χ2v) is 44.7. The standard InChI is InChI=1S/C72H112NOP2Si3/c1-10-19-52-77(53-20-11-2,54-21-12-3)65-46-40-61(41-47-65)75(62-42-48-66(49-43-62)78(55-22-13-4,56-23-14-5)57-24-15-6)73-76(63-34-29-28-30-35-63,71-39-33-37-69-68-36-31-32-38-70(68)74-72(69)71)64-44-50-67(51-45-64)79(58-25-16-7,59-26-17-8)60-27-18-9/h31-33,36-51,63,73H,10-30,34-35,52-60H2,1-9H3/q+1. The number of nitrogens with one attached hydrogen (secondary N) is 1. The molecule has 432 valence electrons. The largest absolute Gasteiger partial charge is 0.452 e. The summed E-state index contributed by atoms with van der Waals surface area (Å²) in [5, 5.41) is 13.7. The lowest BCUT2D eigenvalue weighted by Crippen LogP contribution is -2.49. The summed E-state index contributed by atoms with van der Waals surface area (Å²) in [7, 11) is -8.65. The third kappa shape index (κ3) is 15.4. The van der Waals surface area contributed by atoms with E-state index in [1.54, 1.807) is 20.9 Å². The van der Waals surface area contributed by atoms with Crippen LogP contribution in [0.15, 0.2) is 120 Å². The molecular weight excluding hydrogens is 1040 g/mol. The first kappa shape index (κ1) is 63.9. The molecule has 0 amide bonds. The van der Waals surface area contributed by atoms with Crippen molar-refractivity contribution in [1.82, 2.24) is 4.86 Å². The average Bonchev–Trinajstić information content (AvgIpc) is 4.10. The molecule has 1 aromatic heterocycles. The molecule has 1 N–H and O–H groups in total. The first-order chi connectivity index (χ1) is 38.7. The Morgan fingerprint density at radius 1 is 0.405 bits per heavy atom. The van der Waals surface area contributed by atoms with E-state index in [1.165, 1.54) is 229 Å². The Labute approximate surface area is 489 Å². The molecule has 1 aliphatic carbocycles. The molecule has 7 heteroatoms. The van der Waals surface area contributed by atoms with Crippen molar-refractivity contribution in [3.8, 4) is 0 Å². The van der Waals surface area contributed by atoms with Crippen molar-refractivity contribution in [3.05, 3.63) is 115 Å². The van der Waals surface area contributed by atoms with Gasteiger partial charge in [-0.3, -0.25) is 0 Å². The molecule has 6 aromatic rings. The molecule has 1 saturated carbocycles. The van der Waals surface area contributed by atoms with Crippen molar-refractivity contribution in [1.29, 1.82) is 0 Å². The van der Waals surface area contributed by atoms with Gasteiger partial charge < -0.3 is 4.42 Å².